The molecule has 2 amide bonds. The Bertz CT molecular complexity index is 875. The second-order valence-electron chi connectivity index (χ2n) is 7.67. The Morgan fingerprint density at radius 2 is 2.08 bits per heavy atom. The van der Waals surface area contributed by atoms with E-state index in [2.05, 4.69) is 13.8 Å². The Hall–Kier alpha value is -2.57. The summed E-state index contributed by atoms with van der Waals surface area (Å²) in [6.45, 7) is 6.05. The molecule has 0 radical (unpaired) electrons. The summed E-state index contributed by atoms with van der Waals surface area (Å²) >= 11 is 0. The van der Waals surface area contributed by atoms with Crippen LogP contribution in [0.25, 0.3) is 11.0 Å². The number of carbonyl (C=O) groups is 2. The Labute approximate surface area is 152 Å². The average molecular weight is 356 g/mol. The predicted molar refractivity (Wildman–Crippen MR) is 96.9 cm³/mol. The number of ether oxygens (including phenoxy) is 1. The maximum Gasteiger partial charge on any atom is 0.410 e. The number of para-hydroxylation sites is 2. The van der Waals surface area contributed by atoms with E-state index in [1.54, 1.807) is 11.9 Å². The molecule has 1 atom stereocenters. The van der Waals surface area contributed by atoms with Gasteiger partial charge in [-0.2, -0.15) is 0 Å². The first kappa shape index (κ1) is 16.9. The van der Waals surface area contributed by atoms with Crippen LogP contribution in [0.5, 0.6) is 0 Å². The molecule has 2 saturated heterocycles. The lowest BCUT2D eigenvalue weighted by Gasteiger charge is -2.22. The summed E-state index contributed by atoms with van der Waals surface area (Å²) in [6, 6.07) is 7.90. The van der Waals surface area contributed by atoms with Gasteiger partial charge >= 0.3 is 6.09 Å². The lowest BCUT2D eigenvalue weighted by Crippen LogP contribution is -2.40. The third-order valence-corrected chi connectivity index (χ3v) is 5.30. The molecule has 1 spiro atoms. The minimum atomic E-state index is -0.542. The minimum Gasteiger partial charge on any atom is -0.439 e. The predicted octanol–water partition coefficient (Wildman–Crippen LogP) is 2.21. The van der Waals surface area contributed by atoms with E-state index >= 15 is 0 Å². The standard InChI is InChI=1S/C19H24N4O3/c1-13(2)17-20-14-6-4-5-7-15(14)23(17)10-16(24)22-9-8-19(12-22)11-21(3)18(25)26-19/h4-7,13H,8-12H2,1-3H3. The molecule has 3 heterocycles. The monoisotopic (exact) mass is 356 g/mol. The number of hydrogen-bond acceptors (Lipinski definition) is 4. The van der Waals surface area contributed by atoms with Crippen molar-refractivity contribution in [3.8, 4) is 0 Å². The molecule has 7 nitrogen and oxygen atoms in total. The molecule has 2 aromatic rings. The van der Waals surface area contributed by atoms with Crippen molar-refractivity contribution < 1.29 is 14.3 Å². The highest BCUT2D eigenvalue weighted by Gasteiger charge is 2.49. The van der Waals surface area contributed by atoms with Crippen LogP contribution in [0.4, 0.5) is 4.79 Å². The van der Waals surface area contributed by atoms with Gasteiger partial charge in [-0.1, -0.05) is 26.0 Å². The van der Waals surface area contributed by atoms with Crippen LogP contribution in [-0.2, 0) is 16.1 Å². The fourth-order valence-electron chi connectivity index (χ4n) is 4.00. The molecule has 1 unspecified atom stereocenters. The van der Waals surface area contributed by atoms with E-state index < -0.39 is 5.60 Å². The van der Waals surface area contributed by atoms with Gasteiger partial charge in [0.25, 0.3) is 0 Å². The van der Waals surface area contributed by atoms with Gasteiger partial charge in [-0.25, -0.2) is 9.78 Å². The summed E-state index contributed by atoms with van der Waals surface area (Å²) in [5.41, 5.74) is 1.35. The molecule has 1 aromatic carbocycles. The smallest absolute Gasteiger partial charge is 0.410 e. The lowest BCUT2D eigenvalue weighted by atomic mass is 10.0. The van der Waals surface area contributed by atoms with Gasteiger partial charge in [0.15, 0.2) is 5.60 Å². The molecule has 0 N–H and O–H groups in total. The van der Waals surface area contributed by atoms with Crippen LogP contribution < -0.4 is 0 Å². The SMILES string of the molecule is CC(C)c1nc2ccccc2n1CC(=O)N1CCC2(CN(C)C(=O)O2)C1. The van der Waals surface area contributed by atoms with Crippen molar-refractivity contribution in [3.05, 3.63) is 30.1 Å². The van der Waals surface area contributed by atoms with Gasteiger partial charge in [-0.05, 0) is 12.1 Å². The topological polar surface area (TPSA) is 67.7 Å². The number of rotatable bonds is 3. The third kappa shape index (κ3) is 2.71. The number of likely N-dealkylation sites (tertiary alicyclic amines) is 1. The van der Waals surface area contributed by atoms with Crippen LogP contribution in [0.2, 0.25) is 0 Å². The van der Waals surface area contributed by atoms with Crippen LogP contribution in [0.3, 0.4) is 0 Å². The van der Waals surface area contributed by atoms with E-state index in [0.29, 0.717) is 26.1 Å². The maximum atomic E-state index is 13.0. The van der Waals surface area contributed by atoms with Crippen molar-refractivity contribution in [2.45, 2.75) is 38.3 Å². The van der Waals surface area contributed by atoms with Gasteiger partial charge in [0, 0.05) is 25.9 Å². The summed E-state index contributed by atoms with van der Waals surface area (Å²) in [5.74, 6) is 1.18. The van der Waals surface area contributed by atoms with Gasteiger partial charge in [0.1, 0.15) is 12.4 Å². The Morgan fingerprint density at radius 1 is 1.31 bits per heavy atom. The van der Waals surface area contributed by atoms with Gasteiger partial charge in [-0.15, -0.1) is 0 Å². The Morgan fingerprint density at radius 3 is 2.77 bits per heavy atom. The number of aromatic nitrogens is 2. The molecule has 0 saturated carbocycles. The van der Waals surface area contributed by atoms with Crippen LogP contribution in [-0.4, -0.2) is 63.6 Å². The molecule has 1 aromatic heterocycles. The highest BCUT2D eigenvalue weighted by molar-refractivity contribution is 5.82. The summed E-state index contributed by atoms with van der Waals surface area (Å²) in [5, 5.41) is 0. The lowest BCUT2D eigenvalue weighted by molar-refractivity contribution is -0.131. The summed E-state index contributed by atoms with van der Waals surface area (Å²) in [6.07, 6.45) is 0.387. The van der Waals surface area contributed by atoms with Crippen LogP contribution >= 0.6 is 0 Å². The zero-order chi connectivity index (χ0) is 18.5. The summed E-state index contributed by atoms with van der Waals surface area (Å²) < 4.78 is 7.56. The zero-order valence-corrected chi connectivity index (χ0v) is 15.4. The van der Waals surface area contributed by atoms with Gasteiger partial charge in [-0.3, -0.25) is 4.79 Å². The molecule has 4 rings (SSSR count). The Kier molecular flexibility index (Phi) is 3.89. The van der Waals surface area contributed by atoms with Crippen LogP contribution in [0, 0.1) is 0 Å². The first-order valence-corrected chi connectivity index (χ1v) is 9.06. The highest BCUT2D eigenvalue weighted by Crippen LogP contribution is 2.32. The van der Waals surface area contributed by atoms with Crippen molar-refractivity contribution in [2.24, 2.45) is 0 Å². The van der Waals surface area contributed by atoms with E-state index in [0.717, 1.165) is 16.9 Å². The largest absolute Gasteiger partial charge is 0.439 e. The number of benzene rings is 1. The van der Waals surface area contributed by atoms with Crippen molar-refractivity contribution in [1.82, 2.24) is 19.4 Å². The van der Waals surface area contributed by atoms with E-state index in [4.69, 9.17) is 9.72 Å². The quantitative estimate of drug-likeness (QED) is 0.846. The molecule has 7 heteroatoms. The first-order chi connectivity index (χ1) is 12.4. The number of carbonyl (C=O) groups excluding carboxylic acids is 2. The molecule has 2 aliphatic heterocycles. The molecule has 138 valence electrons. The summed E-state index contributed by atoms with van der Waals surface area (Å²) in [7, 11) is 1.73. The highest BCUT2D eigenvalue weighted by atomic mass is 16.6. The van der Waals surface area contributed by atoms with Crippen molar-refractivity contribution in [2.75, 3.05) is 26.7 Å². The minimum absolute atomic E-state index is 0.0394. The number of amides is 2. The second kappa shape index (κ2) is 6.00. The fraction of sp³-hybridized carbons (Fsp3) is 0.526. The fourth-order valence-corrected chi connectivity index (χ4v) is 4.00. The third-order valence-electron chi connectivity index (χ3n) is 5.30. The number of nitrogens with zero attached hydrogens (tertiary/aromatic N) is 4. The molecule has 2 fully saturated rings. The number of hydrogen-bond donors (Lipinski definition) is 0. The average Bonchev–Trinajstić information content (AvgIpc) is 3.25. The normalized spacial score (nSPS) is 22.8. The van der Waals surface area contributed by atoms with E-state index in [9.17, 15) is 9.59 Å². The van der Waals surface area contributed by atoms with Crippen molar-refractivity contribution in [3.63, 3.8) is 0 Å². The second-order valence-corrected chi connectivity index (χ2v) is 7.67. The zero-order valence-electron chi connectivity index (χ0n) is 15.4. The molecule has 26 heavy (non-hydrogen) atoms. The van der Waals surface area contributed by atoms with E-state index in [-0.39, 0.29) is 24.5 Å². The Balaban J connectivity index is 1.55. The van der Waals surface area contributed by atoms with Crippen LogP contribution in [0.1, 0.15) is 32.0 Å². The van der Waals surface area contributed by atoms with Crippen LogP contribution in [0.15, 0.2) is 24.3 Å². The van der Waals surface area contributed by atoms with Gasteiger partial charge < -0.3 is 19.1 Å². The maximum absolute atomic E-state index is 13.0. The molecule has 2 aliphatic rings. The number of likely N-dealkylation sites (N-methyl/N-ethyl adjacent to an activating group) is 1. The number of imidazole rings is 1. The van der Waals surface area contributed by atoms with Gasteiger partial charge in [0.05, 0.1) is 24.1 Å². The number of fused-ring (bicyclic) bond motifs is 1. The molecular weight excluding hydrogens is 332 g/mol. The molecule has 0 bridgehead atoms. The van der Waals surface area contributed by atoms with E-state index in [1.807, 2.05) is 33.7 Å². The molecular formula is C19H24N4O3. The van der Waals surface area contributed by atoms with E-state index in [1.165, 1.54) is 0 Å². The summed E-state index contributed by atoms with van der Waals surface area (Å²) in [4.78, 5) is 32.8. The van der Waals surface area contributed by atoms with Crippen molar-refractivity contribution in [1.29, 1.82) is 0 Å². The first-order valence-electron chi connectivity index (χ1n) is 9.06. The van der Waals surface area contributed by atoms with Gasteiger partial charge in [0.2, 0.25) is 5.91 Å². The molecule has 0 aliphatic carbocycles. The van der Waals surface area contributed by atoms with Crippen molar-refractivity contribution >= 4 is 23.0 Å².